The van der Waals surface area contributed by atoms with Gasteiger partial charge in [-0.25, -0.2) is 15.0 Å². The standard InChI is InChI=1S/C18H26N6O3/c1-4-5-20-7-10-6-18(10)13-12(25-17(2,3)26-13)16(27-18)24-9-23-11-14(19)21-8-22-15(11)24/h8-10,12-13,16,20H,4-7H2,1-3H3,(H2,19,21,22)/t10-,12-,13?,16?,18+/m0/s1. The second kappa shape index (κ2) is 5.84. The number of imidazole rings is 1. The van der Waals surface area contributed by atoms with E-state index in [1.165, 1.54) is 6.33 Å². The number of hydrogen-bond donors (Lipinski definition) is 2. The number of nitrogens with zero attached hydrogens (tertiary/aromatic N) is 4. The summed E-state index contributed by atoms with van der Waals surface area (Å²) in [7, 11) is 0. The molecule has 5 atom stereocenters. The fourth-order valence-electron chi connectivity index (χ4n) is 4.52. The largest absolute Gasteiger partial charge is 0.382 e. The lowest BCUT2D eigenvalue weighted by Crippen LogP contribution is -2.35. The number of ether oxygens (including phenoxy) is 3. The maximum atomic E-state index is 6.59. The number of nitrogen functional groups attached to an aromatic ring is 1. The summed E-state index contributed by atoms with van der Waals surface area (Å²) in [5.41, 5.74) is 6.85. The van der Waals surface area contributed by atoms with Gasteiger partial charge < -0.3 is 25.3 Å². The molecule has 0 aromatic carbocycles. The number of nitrogens with two attached hydrogens (primary N) is 1. The summed E-state index contributed by atoms with van der Waals surface area (Å²) >= 11 is 0. The molecule has 1 aliphatic carbocycles. The molecule has 1 spiro atoms. The van der Waals surface area contributed by atoms with Gasteiger partial charge in [0.05, 0.1) is 6.33 Å². The van der Waals surface area contributed by atoms with E-state index >= 15 is 0 Å². The topological polar surface area (TPSA) is 109 Å². The highest BCUT2D eigenvalue weighted by Crippen LogP contribution is 2.62. The summed E-state index contributed by atoms with van der Waals surface area (Å²) < 4.78 is 21.0. The van der Waals surface area contributed by atoms with Crippen LogP contribution in [0.5, 0.6) is 0 Å². The van der Waals surface area contributed by atoms with Gasteiger partial charge >= 0.3 is 0 Å². The van der Waals surface area contributed by atoms with E-state index in [1.807, 2.05) is 18.4 Å². The van der Waals surface area contributed by atoms with Crippen molar-refractivity contribution in [1.82, 2.24) is 24.8 Å². The average molecular weight is 374 g/mol. The Hall–Kier alpha value is -1.81. The van der Waals surface area contributed by atoms with Crippen molar-refractivity contribution in [2.45, 2.75) is 63.4 Å². The first-order valence-corrected chi connectivity index (χ1v) is 9.62. The summed E-state index contributed by atoms with van der Waals surface area (Å²) in [6, 6.07) is 0. The molecule has 3 fully saturated rings. The van der Waals surface area contributed by atoms with E-state index in [9.17, 15) is 0 Å². The molecule has 9 nitrogen and oxygen atoms in total. The minimum Gasteiger partial charge on any atom is -0.382 e. The monoisotopic (exact) mass is 374 g/mol. The van der Waals surface area contributed by atoms with Crippen molar-refractivity contribution < 1.29 is 14.2 Å². The van der Waals surface area contributed by atoms with Gasteiger partial charge in [-0.15, -0.1) is 0 Å². The van der Waals surface area contributed by atoms with Gasteiger partial charge in [0.15, 0.2) is 23.5 Å². The highest BCUT2D eigenvalue weighted by molar-refractivity contribution is 5.81. The highest BCUT2D eigenvalue weighted by atomic mass is 16.8. The molecular formula is C18H26N6O3. The van der Waals surface area contributed by atoms with Crippen LogP contribution in [0.25, 0.3) is 11.2 Å². The van der Waals surface area contributed by atoms with Gasteiger partial charge in [-0.05, 0) is 33.2 Å². The molecule has 3 aliphatic rings. The zero-order valence-electron chi connectivity index (χ0n) is 15.9. The molecule has 27 heavy (non-hydrogen) atoms. The van der Waals surface area contributed by atoms with E-state index < -0.39 is 5.79 Å². The van der Waals surface area contributed by atoms with Crippen LogP contribution in [-0.2, 0) is 14.2 Å². The molecule has 5 rings (SSSR count). The van der Waals surface area contributed by atoms with E-state index in [1.54, 1.807) is 6.33 Å². The lowest BCUT2D eigenvalue weighted by molar-refractivity contribution is -0.203. The molecule has 2 unspecified atom stereocenters. The first-order chi connectivity index (χ1) is 13.0. The van der Waals surface area contributed by atoms with Gasteiger partial charge in [0, 0.05) is 12.5 Å². The van der Waals surface area contributed by atoms with Crippen LogP contribution in [0.3, 0.4) is 0 Å². The fraction of sp³-hybridized carbons (Fsp3) is 0.722. The molecule has 146 valence electrons. The third kappa shape index (κ3) is 2.56. The molecule has 0 bridgehead atoms. The Kier molecular flexibility index (Phi) is 3.74. The van der Waals surface area contributed by atoms with Crippen molar-refractivity contribution in [3.05, 3.63) is 12.7 Å². The van der Waals surface area contributed by atoms with Gasteiger partial charge in [-0.2, -0.15) is 0 Å². The molecule has 2 aromatic heterocycles. The van der Waals surface area contributed by atoms with Gasteiger partial charge in [0.1, 0.15) is 29.7 Å². The van der Waals surface area contributed by atoms with Crippen LogP contribution in [0, 0.1) is 5.92 Å². The van der Waals surface area contributed by atoms with Gasteiger partial charge in [0.25, 0.3) is 0 Å². The van der Waals surface area contributed by atoms with Crippen LogP contribution in [0.1, 0.15) is 39.8 Å². The Morgan fingerprint density at radius 1 is 1.26 bits per heavy atom. The summed E-state index contributed by atoms with van der Waals surface area (Å²) in [6.45, 7) is 8.01. The second-order valence-corrected chi connectivity index (χ2v) is 8.17. The van der Waals surface area contributed by atoms with E-state index in [2.05, 4.69) is 27.2 Å². The Balaban J connectivity index is 1.48. The van der Waals surface area contributed by atoms with E-state index in [0.717, 1.165) is 25.9 Å². The molecule has 1 saturated carbocycles. The maximum Gasteiger partial charge on any atom is 0.167 e. The minimum absolute atomic E-state index is 0.109. The first kappa shape index (κ1) is 17.3. The normalized spacial score (nSPS) is 36.6. The van der Waals surface area contributed by atoms with Crippen LogP contribution in [0.15, 0.2) is 12.7 Å². The quantitative estimate of drug-likeness (QED) is 0.752. The minimum atomic E-state index is -0.640. The first-order valence-electron chi connectivity index (χ1n) is 9.62. The summed E-state index contributed by atoms with van der Waals surface area (Å²) in [6.07, 6.45) is 4.55. The predicted molar refractivity (Wildman–Crippen MR) is 97.7 cm³/mol. The predicted octanol–water partition coefficient (Wildman–Crippen LogP) is 1.22. The highest BCUT2D eigenvalue weighted by Gasteiger charge is 2.73. The molecule has 3 N–H and O–H groups in total. The lowest BCUT2D eigenvalue weighted by Gasteiger charge is -2.25. The number of nitrogens with one attached hydrogen (secondary N) is 1. The Morgan fingerprint density at radius 3 is 2.93 bits per heavy atom. The zero-order chi connectivity index (χ0) is 18.8. The molecule has 4 heterocycles. The van der Waals surface area contributed by atoms with Crippen molar-refractivity contribution in [3.8, 4) is 0 Å². The fourth-order valence-corrected chi connectivity index (χ4v) is 4.52. The third-order valence-corrected chi connectivity index (χ3v) is 5.81. The number of anilines is 1. The van der Waals surface area contributed by atoms with Crippen molar-refractivity contribution >= 4 is 17.0 Å². The van der Waals surface area contributed by atoms with Gasteiger partial charge in [-0.1, -0.05) is 6.92 Å². The number of rotatable bonds is 5. The molecule has 9 heteroatoms. The SMILES string of the molecule is CCCNC[C@@H]1C[C@@]12OC(n1cnc3c(N)ncnc31)[C@H]1OC(C)(C)OC12. The summed E-state index contributed by atoms with van der Waals surface area (Å²) in [5.74, 6) is 0.132. The molecule has 2 saturated heterocycles. The van der Waals surface area contributed by atoms with Crippen LogP contribution in [-0.4, -0.2) is 56.2 Å². The summed E-state index contributed by atoms with van der Waals surface area (Å²) in [5, 5.41) is 3.50. The van der Waals surface area contributed by atoms with Gasteiger partial charge in [-0.3, -0.25) is 4.57 Å². The van der Waals surface area contributed by atoms with E-state index in [4.69, 9.17) is 19.9 Å². The maximum absolute atomic E-state index is 6.59. The Labute approximate surface area is 157 Å². The van der Waals surface area contributed by atoms with Gasteiger partial charge in [0.2, 0.25) is 0 Å². The van der Waals surface area contributed by atoms with Crippen LogP contribution in [0.2, 0.25) is 0 Å². The van der Waals surface area contributed by atoms with Crippen molar-refractivity contribution in [1.29, 1.82) is 0 Å². The zero-order valence-corrected chi connectivity index (χ0v) is 15.9. The smallest absolute Gasteiger partial charge is 0.167 e. The number of aromatic nitrogens is 4. The van der Waals surface area contributed by atoms with Crippen LogP contribution >= 0.6 is 0 Å². The Morgan fingerprint density at radius 2 is 2.11 bits per heavy atom. The van der Waals surface area contributed by atoms with E-state index in [0.29, 0.717) is 22.9 Å². The van der Waals surface area contributed by atoms with E-state index in [-0.39, 0.29) is 24.0 Å². The molecule has 2 aliphatic heterocycles. The molecular weight excluding hydrogens is 348 g/mol. The van der Waals surface area contributed by atoms with Crippen molar-refractivity contribution in [3.63, 3.8) is 0 Å². The molecule has 0 amide bonds. The van der Waals surface area contributed by atoms with Crippen LogP contribution in [0.4, 0.5) is 5.82 Å². The number of fused-ring (bicyclic) bond motifs is 3. The van der Waals surface area contributed by atoms with Crippen molar-refractivity contribution in [2.24, 2.45) is 5.92 Å². The molecule has 2 aromatic rings. The molecule has 0 radical (unpaired) electrons. The lowest BCUT2D eigenvalue weighted by atomic mass is 10.1. The number of hydrogen-bond acceptors (Lipinski definition) is 8. The van der Waals surface area contributed by atoms with Crippen molar-refractivity contribution in [2.75, 3.05) is 18.8 Å². The Bertz CT molecular complexity index is 870. The third-order valence-electron chi connectivity index (χ3n) is 5.81. The van der Waals surface area contributed by atoms with Crippen LogP contribution < -0.4 is 11.1 Å². The second-order valence-electron chi connectivity index (χ2n) is 8.17. The average Bonchev–Trinajstić information content (AvgIpc) is 2.90. The summed E-state index contributed by atoms with van der Waals surface area (Å²) in [4.78, 5) is 12.8.